The normalized spacial score (nSPS) is 12.8. The Morgan fingerprint density at radius 2 is 1.88 bits per heavy atom. The van der Waals surface area contributed by atoms with E-state index < -0.39 is 0 Å². The van der Waals surface area contributed by atoms with Crippen LogP contribution in [0.5, 0.6) is 0 Å². The van der Waals surface area contributed by atoms with Gasteiger partial charge < -0.3 is 0 Å². The van der Waals surface area contributed by atoms with Crippen molar-refractivity contribution >= 4 is 16.5 Å². The van der Waals surface area contributed by atoms with Crippen LogP contribution >= 0.6 is 16.5 Å². The Hall–Kier alpha value is 0.860. The van der Waals surface area contributed by atoms with Gasteiger partial charge >= 0.3 is 0 Å². The molecule has 8 heavy (non-hydrogen) atoms. The van der Waals surface area contributed by atoms with E-state index in [1.165, 1.54) is 41.7 Å². The van der Waals surface area contributed by atoms with Crippen LogP contribution in [0, 0.1) is 0 Å². The van der Waals surface area contributed by atoms with E-state index in [0.717, 1.165) is 0 Å². The highest BCUT2D eigenvalue weighted by Crippen LogP contribution is 2.36. The van der Waals surface area contributed by atoms with Gasteiger partial charge in [-0.3, -0.25) is 0 Å². The molecule has 0 heterocycles. The molecule has 0 aliphatic rings. The van der Waals surface area contributed by atoms with E-state index in [1.807, 2.05) is 0 Å². The molecule has 0 saturated carbocycles. The lowest BCUT2D eigenvalue weighted by atomic mass is 10.4. The summed E-state index contributed by atoms with van der Waals surface area (Å²) in [6.07, 6.45) is 5.72. The van der Waals surface area contributed by atoms with E-state index in [1.54, 1.807) is 0 Å². The van der Waals surface area contributed by atoms with Crippen LogP contribution in [0.15, 0.2) is 0 Å². The summed E-state index contributed by atoms with van der Waals surface area (Å²) >= 11 is 0. The first-order valence-corrected chi connectivity index (χ1v) is 6.79. The fourth-order valence-electron chi connectivity index (χ4n) is 0.479. The Morgan fingerprint density at radius 1 is 1.12 bits per heavy atom. The first-order valence-electron chi connectivity index (χ1n) is 3.37. The van der Waals surface area contributed by atoms with Crippen LogP contribution < -0.4 is 0 Å². The average molecular weight is 150 g/mol. The second kappa shape index (κ2) is 7.86. The Labute approximate surface area is 56.3 Å². The van der Waals surface area contributed by atoms with E-state index >= 15 is 0 Å². The fourth-order valence-corrected chi connectivity index (χ4v) is 3.25. The van der Waals surface area contributed by atoms with E-state index in [9.17, 15) is 0 Å². The molecule has 0 bridgehead atoms. The summed E-state index contributed by atoms with van der Waals surface area (Å²) < 4.78 is 0. The fraction of sp³-hybridized carbons (Fsp3) is 1.00. The van der Waals surface area contributed by atoms with Crippen molar-refractivity contribution in [1.82, 2.24) is 0 Å². The van der Waals surface area contributed by atoms with Crippen molar-refractivity contribution in [2.45, 2.75) is 26.7 Å². The molecule has 0 spiro atoms. The molecule has 0 rings (SSSR count). The van der Waals surface area contributed by atoms with Gasteiger partial charge in [-0.15, -0.1) is 0 Å². The van der Waals surface area contributed by atoms with Gasteiger partial charge in [0.05, 0.1) is 0 Å². The van der Waals surface area contributed by atoms with Crippen LogP contribution in [0.1, 0.15) is 26.7 Å². The predicted molar refractivity (Wildman–Crippen MR) is 46.9 cm³/mol. The van der Waals surface area contributed by atoms with Gasteiger partial charge in [-0.2, -0.15) is 0 Å². The van der Waals surface area contributed by atoms with Gasteiger partial charge in [0.1, 0.15) is 0 Å². The lowest BCUT2D eigenvalue weighted by Gasteiger charge is -1.94. The largest absolute Gasteiger partial charge is 0.0995 e. The first-order chi connectivity index (χ1) is 3.91. The monoisotopic (exact) mass is 150 g/mol. The smallest absolute Gasteiger partial charge is 0.0317 e. The van der Waals surface area contributed by atoms with Gasteiger partial charge in [0.25, 0.3) is 0 Å². The van der Waals surface area contributed by atoms with Crippen LogP contribution in [0.2, 0.25) is 0 Å². The molecule has 2 atom stereocenters. The molecule has 0 aliphatic heterocycles. The van der Waals surface area contributed by atoms with E-state index in [2.05, 4.69) is 13.8 Å². The van der Waals surface area contributed by atoms with Crippen LogP contribution in [0.3, 0.4) is 0 Å². The third kappa shape index (κ3) is 6.86. The van der Waals surface area contributed by atoms with E-state index in [0.29, 0.717) is 0 Å². The maximum Gasteiger partial charge on any atom is -0.0317 e. The van der Waals surface area contributed by atoms with E-state index in [-0.39, 0.29) is 0 Å². The maximum atomic E-state index is 2.28. The van der Waals surface area contributed by atoms with Crippen molar-refractivity contribution in [3.8, 4) is 0 Å². The molecule has 0 aromatic heterocycles. The lowest BCUT2D eigenvalue weighted by molar-refractivity contribution is 0.896. The molecule has 2 unspecified atom stereocenters. The van der Waals surface area contributed by atoms with Crippen molar-refractivity contribution in [3.05, 3.63) is 0 Å². The SMILES string of the molecule is CCCCPPCC. The molecule has 0 radical (unpaired) electrons. The summed E-state index contributed by atoms with van der Waals surface area (Å²) in [5.74, 6) is 0. The van der Waals surface area contributed by atoms with Gasteiger partial charge in [-0.1, -0.05) is 36.8 Å². The van der Waals surface area contributed by atoms with Crippen molar-refractivity contribution < 1.29 is 0 Å². The first kappa shape index (κ1) is 8.86. The highest BCUT2D eigenvalue weighted by Gasteiger charge is 1.82. The number of rotatable bonds is 5. The summed E-state index contributed by atoms with van der Waals surface area (Å²) in [6, 6.07) is 0. The van der Waals surface area contributed by atoms with Gasteiger partial charge in [0.15, 0.2) is 0 Å². The highest BCUT2D eigenvalue weighted by molar-refractivity contribution is 8.11. The minimum absolute atomic E-state index is 1.25. The summed E-state index contributed by atoms with van der Waals surface area (Å²) in [4.78, 5) is 0. The number of unbranched alkanes of at least 4 members (excludes halogenated alkanes) is 1. The van der Waals surface area contributed by atoms with Crippen LogP contribution in [0.25, 0.3) is 0 Å². The second-order valence-corrected chi connectivity index (χ2v) is 5.85. The van der Waals surface area contributed by atoms with E-state index in [4.69, 9.17) is 0 Å². The third-order valence-corrected chi connectivity index (χ3v) is 4.72. The molecular formula is C6H16P2. The summed E-state index contributed by atoms with van der Waals surface area (Å²) in [7, 11) is 2.52. The Kier molecular flexibility index (Phi) is 8.70. The van der Waals surface area contributed by atoms with Gasteiger partial charge in [0, 0.05) is 0 Å². The molecule has 0 nitrogen and oxygen atoms in total. The number of hydrogen-bond acceptors (Lipinski definition) is 0. The molecule has 0 N–H and O–H groups in total. The molecule has 0 amide bonds. The van der Waals surface area contributed by atoms with Gasteiger partial charge in [-0.05, 0) is 18.7 Å². The molecule has 0 aromatic rings. The second-order valence-electron chi connectivity index (χ2n) is 1.81. The predicted octanol–water partition coefficient (Wildman–Crippen LogP) is 3.08. The Bertz CT molecular complexity index is 31.5. The maximum absolute atomic E-state index is 2.28. The molecular weight excluding hydrogens is 134 g/mol. The molecule has 0 aliphatic carbocycles. The minimum Gasteiger partial charge on any atom is -0.0995 e. The van der Waals surface area contributed by atoms with Crippen molar-refractivity contribution in [1.29, 1.82) is 0 Å². The molecule has 50 valence electrons. The van der Waals surface area contributed by atoms with Gasteiger partial charge in [0.2, 0.25) is 0 Å². The lowest BCUT2D eigenvalue weighted by Crippen LogP contribution is -1.69. The Morgan fingerprint density at radius 3 is 2.38 bits per heavy atom. The zero-order valence-electron chi connectivity index (χ0n) is 5.83. The molecule has 0 aromatic carbocycles. The summed E-state index contributed by atoms with van der Waals surface area (Å²) in [5, 5.41) is 0. The molecule has 0 saturated heterocycles. The zero-order valence-corrected chi connectivity index (χ0v) is 7.83. The Balaban J connectivity index is 2.53. The number of hydrogen-bond donors (Lipinski definition) is 0. The summed E-state index contributed by atoms with van der Waals surface area (Å²) in [6.45, 7) is 4.54. The standard InChI is InChI=1S/C6H16P2/c1-3-5-6-8-7-4-2/h7-8H,3-6H2,1-2H3. The van der Waals surface area contributed by atoms with Crippen molar-refractivity contribution in [2.24, 2.45) is 0 Å². The quantitative estimate of drug-likeness (QED) is 0.417. The summed E-state index contributed by atoms with van der Waals surface area (Å²) in [5.41, 5.74) is 0. The average Bonchev–Trinajstić information content (AvgIpc) is 1.81. The van der Waals surface area contributed by atoms with Crippen LogP contribution in [0.4, 0.5) is 0 Å². The minimum atomic E-state index is 1.25. The third-order valence-electron chi connectivity index (χ3n) is 0.957. The molecule has 2 heteroatoms. The van der Waals surface area contributed by atoms with Crippen molar-refractivity contribution in [3.63, 3.8) is 0 Å². The van der Waals surface area contributed by atoms with Crippen molar-refractivity contribution in [2.75, 3.05) is 12.3 Å². The van der Waals surface area contributed by atoms with Gasteiger partial charge in [-0.25, -0.2) is 0 Å². The topological polar surface area (TPSA) is 0 Å². The molecule has 0 fully saturated rings. The van der Waals surface area contributed by atoms with Crippen LogP contribution in [-0.2, 0) is 0 Å². The zero-order chi connectivity index (χ0) is 6.24. The highest BCUT2D eigenvalue weighted by atomic mass is 32.0. The van der Waals surface area contributed by atoms with Crippen LogP contribution in [-0.4, -0.2) is 12.3 Å².